The van der Waals surface area contributed by atoms with Crippen molar-refractivity contribution in [2.75, 3.05) is 13.2 Å². The number of ether oxygens (including phenoxy) is 2. The first-order chi connectivity index (χ1) is 11.5. The Morgan fingerprint density at radius 3 is 2.25 bits per heavy atom. The molecule has 0 aliphatic rings. The molecule has 0 spiro atoms. The Labute approximate surface area is 139 Å². The van der Waals surface area contributed by atoms with Crippen LogP contribution in [-0.4, -0.2) is 41.7 Å². The molecule has 2 aromatic rings. The second kappa shape index (κ2) is 7.63. The first-order valence-corrected chi connectivity index (χ1v) is 7.67. The molecule has 1 heterocycles. The minimum absolute atomic E-state index is 0.0961. The van der Waals surface area contributed by atoms with Gasteiger partial charge in [-0.15, -0.1) is 0 Å². The minimum Gasteiger partial charge on any atom is -0.464 e. The Kier molecular flexibility index (Phi) is 5.57. The van der Waals surface area contributed by atoms with Gasteiger partial charge in [-0.3, -0.25) is 4.79 Å². The summed E-state index contributed by atoms with van der Waals surface area (Å²) in [7, 11) is 1.81. The van der Waals surface area contributed by atoms with E-state index >= 15 is 0 Å². The van der Waals surface area contributed by atoms with E-state index in [9.17, 15) is 14.4 Å². The third-order valence-electron chi connectivity index (χ3n) is 3.46. The van der Waals surface area contributed by atoms with Crippen molar-refractivity contribution >= 4 is 28.7 Å². The summed E-state index contributed by atoms with van der Waals surface area (Å²) < 4.78 is 11.5. The highest BCUT2D eigenvalue weighted by molar-refractivity contribution is 6.11. The molecular weight excluding hydrogens is 312 g/mol. The predicted octanol–water partition coefficient (Wildman–Crippen LogP) is 1.40. The van der Waals surface area contributed by atoms with Crippen molar-refractivity contribution in [3.05, 3.63) is 36.0 Å². The van der Waals surface area contributed by atoms with Crippen LogP contribution >= 0.6 is 0 Å². The van der Waals surface area contributed by atoms with Gasteiger partial charge in [-0.1, -0.05) is 18.2 Å². The number of benzene rings is 1. The molecule has 2 rings (SSSR count). The van der Waals surface area contributed by atoms with E-state index in [1.54, 1.807) is 30.7 Å². The lowest BCUT2D eigenvalue weighted by Gasteiger charge is -2.15. The SMILES string of the molecule is CCOC(=O)C(NC(=O)c1cn(C)c2ccccc12)C(=O)OCC. The zero-order valence-corrected chi connectivity index (χ0v) is 13.9. The third-order valence-corrected chi connectivity index (χ3v) is 3.46. The number of aryl methyl sites for hydroxylation is 1. The zero-order valence-electron chi connectivity index (χ0n) is 13.9. The monoisotopic (exact) mass is 332 g/mol. The van der Waals surface area contributed by atoms with Gasteiger partial charge >= 0.3 is 11.9 Å². The summed E-state index contributed by atoms with van der Waals surface area (Å²) >= 11 is 0. The molecule has 7 heteroatoms. The molecule has 1 aromatic carbocycles. The van der Waals surface area contributed by atoms with Gasteiger partial charge in [0.25, 0.3) is 5.91 Å². The van der Waals surface area contributed by atoms with Crippen LogP contribution in [0.4, 0.5) is 0 Å². The molecule has 1 N–H and O–H groups in total. The number of amides is 1. The molecular formula is C17H20N2O5. The summed E-state index contributed by atoms with van der Waals surface area (Å²) in [6, 6.07) is 5.86. The number of nitrogens with one attached hydrogen (secondary N) is 1. The maximum absolute atomic E-state index is 12.6. The van der Waals surface area contributed by atoms with E-state index in [0.717, 1.165) is 10.9 Å². The standard InChI is InChI=1S/C17H20N2O5/c1-4-23-16(21)14(17(22)24-5-2)18-15(20)12-10-19(3)13-9-7-6-8-11(12)13/h6-10,14H,4-5H2,1-3H3,(H,18,20). The van der Waals surface area contributed by atoms with E-state index < -0.39 is 23.9 Å². The van der Waals surface area contributed by atoms with E-state index in [1.165, 1.54) is 0 Å². The zero-order chi connectivity index (χ0) is 17.7. The van der Waals surface area contributed by atoms with Gasteiger partial charge in [-0.05, 0) is 19.9 Å². The normalized spacial score (nSPS) is 10.7. The Morgan fingerprint density at radius 2 is 1.67 bits per heavy atom. The highest BCUT2D eigenvalue weighted by Crippen LogP contribution is 2.20. The van der Waals surface area contributed by atoms with Crippen molar-refractivity contribution in [2.45, 2.75) is 19.9 Å². The second-order valence-corrected chi connectivity index (χ2v) is 5.08. The van der Waals surface area contributed by atoms with Crippen LogP contribution in [0.2, 0.25) is 0 Å². The average molecular weight is 332 g/mol. The van der Waals surface area contributed by atoms with E-state index in [1.807, 2.05) is 25.2 Å². The molecule has 0 aliphatic heterocycles. The maximum atomic E-state index is 12.6. The molecule has 7 nitrogen and oxygen atoms in total. The van der Waals surface area contributed by atoms with Crippen molar-refractivity contribution in [1.29, 1.82) is 0 Å². The fourth-order valence-electron chi connectivity index (χ4n) is 2.40. The molecule has 0 unspecified atom stereocenters. The van der Waals surface area contributed by atoms with Crippen LogP contribution in [0.1, 0.15) is 24.2 Å². The molecule has 0 fully saturated rings. The summed E-state index contributed by atoms with van der Waals surface area (Å²) in [5, 5.41) is 3.13. The number of fused-ring (bicyclic) bond motifs is 1. The Bertz CT molecular complexity index is 747. The molecule has 1 amide bonds. The third kappa shape index (κ3) is 3.56. The minimum atomic E-state index is -1.49. The van der Waals surface area contributed by atoms with Crippen LogP contribution in [-0.2, 0) is 26.1 Å². The lowest BCUT2D eigenvalue weighted by molar-refractivity contribution is -0.157. The molecule has 0 atom stereocenters. The Morgan fingerprint density at radius 1 is 1.08 bits per heavy atom. The van der Waals surface area contributed by atoms with Gasteiger partial charge in [-0.25, -0.2) is 9.59 Å². The maximum Gasteiger partial charge on any atom is 0.340 e. The lowest BCUT2D eigenvalue weighted by atomic mass is 10.1. The van der Waals surface area contributed by atoms with Crippen molar-refractivity contribution in [2.24, 2.45) is 7.05 Å². The van der Waals surface area contributed by atoms with Gasteiger partial charge in [-0.2, -0.15) is 0 Å². The average Bonchev–Trinajstić information content (AvgIpc) is 2.90. The van der Waals surface area contributed by atoms with Gasteiger partial charge in [0.05, 0.1) is 18.8 Å². The van der Waals surface area contributed by atoms with Crippen molar-refractivity contribution in [3.8, 4) is 0 Å². The quantitative estimate of drug-likeness (QED) is 0.638. The number of nitrogens with zero attached hydrogens (tertiary/aromatic N) is 1. The number of rotatable bonds is 6. The van der Waals surface area contributed by atoms with Crippen molar-refractivity contribution < 1.29 is 23.9 Å². The topological polar surface area (TPSA) is 86.6 Å². The Balaban J connectivity index is 2.29. The number of hydrogen-bond donors (Lipinski definition) is 1. The summed E-state index contributed by atoms with van der Waals surface area (Å²) in [6.07, 6.45) is 1.65. The fraction of sp³-hybridized carbons (Fsp3) is 0.353. The summed E-state index contributed by atoms with van der Waals surface area (Å²) in [4.78, 5) is 36.5. The Hall–Kier alpha value is -2.83. The van der Waals surface area contributed by atoms with E-state index in [2.05, 4.69) is 5.32 Å². The molecule has 24 heavy (non-hydrogen) atoms. The van der Waals surface area contributed by atoms with Gasteiger partial charge in [0.15, 0.2) is 0 Å². The van der Waals surface area contributed by atoms with E-state index in [0.29, 0.717) is 5.56 Å². The fourth-order valence-corrected chi connectivity index (χ4v) is 2.40. The summed E-state index contributed by atoms with van der Waals surface area (Å²) in [5.74, 6) is -2.23. The smallest absolute Gasteiger partial charge is 0.340 e. The van der Waals surface area contributed by atoms with Crippen molar-refractivity contribution in [3.63, 3.8) is 0 Å². The molecule has 0 saturated heterocycles. The number of carbonyl (C=O) groups excluding carboxylic acids is 3. The van der Waals surface area contributed by atoms with Crippen LogP contribution in [0.25, 0.3) is 10.9 Å². The molecule has 0 saturated carbocycles. The van der Waals surface area contributed by atoms with Crippen LogP contribution < -0.4 is 5.32 Å². The predicted molar refractivity (Wildman–Crippen MR) is 87.4 cm³/mol. The molecule has 128 valence electrons. The lowest BCUT2D eigenvalue weighted by Crippen LogP contribution is -2.48. The van der Waals surface area contributed by atoms with E-state index in [-0.39, 0.29) is 13.2 Å². The van der Waals surface area contributed by atoms with Gasteiger partial charge in [0.1, 0.15) is 0 Å². The van der Waals surface area contributed by atoms with Gasteiger partial charge < -0.3 is 19.4 Å². The second-order valence-electron chi connectivity index (χ2n) is 5.08. The molecule has 0 bridgehead atoms. The summed E-state index contributed by atoms with van der Waals surface area (Å²) in [6.45, 7) is 3.43. The highest BCUT2D eigenvalue weighted by Gasteiger charge is 2.32. The van der Waals surface area contributed by atoms with Crippen LogP contribution in [0.3, 0.4) is 0 Å². The number of hydrogen-bond acceptors (Lipinski definition) is 5. The van der Waals surface area contributed by atoms with Gasteiger partial charge in [0, 0.05) is 24.1 Å². The molecule has 0 radical (unpaired) electrons. The first kappa shape index (κ1) is 17.5. The largest absolute Gasteiger partial charge is 0.464 e. The number of carbonyl (C=O) groups is 3. The van der Waals surface area contributed by atoms with Gasteiger partial charge in [0.2, 0.25) is 6.04 Å². The number of esters is 2. The highest BCUT2D eigenvalue weighted by atomic mass is 16.6. The first-order valence-electron chi connectivity index (χ1n) is 7.67. The van der Waals surface area contributed by atoms with Crippen LogP contribution in [0.5, 0.6) is 0 Å². The number of para-hydroxylation sites is 1. The van der Waals surface area contributed by atoms with Crippen LogP contribution in [0.15, 0.2) is 30.5 Å². The molecule has 1 aromatic heterocycles. The summed E-state index contributed by atoms with van der Waals surface area (Å²) in [5.41, 5.74) is 1.23. The van der Waals surface area contributed by atoms with Crippen LogP contribution in [0, 0.1) is 0 Å². The number of aromatic nitrogens is 1. The van der Waals surface area contributed by atoms with E-state index in [4.69, 9.17) is 9.47 Å². The van der Waals surface area contributed by atoms with Crippen molar-refractivity contribution in [1.82, 2.24) is 9.88 Å². The molecule has 0 aliphatic carbocycles.